The van der Waals surface area contributed by atoms with Crippen LogP contribution in [0.1, 0.15) is 63.0 Å². The topological polar surface area (TPSA) is 63.5 Å². The van der Waals surface area contributed by atoms with E-state index in [1.807, 2.05) is 4.90 Å². The van der Waals surface area contributed by atoms with Crippen LogP contribution < -0.4 is 0 Å². The standard InChI is InChI=1S/C18H31N5O2/c1-3-4-12-25-18(24)23-11-7-8-15(13-23)17-20-19-16(21(17)2)14-22-9-5-6-10-22/h15H,3-14H2,1-2H3. The van der Waals surface area contributed by atoms with Crippen LogP contribution in [0.15, 0.2) is 0 Å². The molecule has 0 aliphatic carbocycles. The maximum Gasteiger partial charge on any atom is 0.409 e. The Kier molecular flexibility index (Phi) is 6.29. The summed E-state index contributed by atoms with van der Waals surface area (Å²) in [4.78, 5) is 16.5. The molecule has 7 nitrogen and oxygen atoms in total. The van der Waals surface area contributed by atoms with Gasteiger partial charge in [-0.2, -0.15) is 0 Å². The lowest BCUT2D eigenvalue weighted by molar-refractivity contribution is 0.0896. The zero-order valence-electron chi connectivity index (χ0n) is 15.6. The highest BCUT2D eigenvalue weighted by atomic mass is 16.6. The third kappa shape index (κ3) is 4.51. The predicted molar refractivity (Wildman–Crippen MR) is 95.3 cm³/mol. The Balaban J connectivity index is 1.59. The zero-order chi connectivity index (χ0) is 17.6. The molecule has 1 unspecified atom stereocenters. The van der Waals surface area contributed by atoms with E-state index in [-0.39, 0.29) is 12.0 Å². The number of ether oxygens (including phenoxy) is 1. The minimum absolute atomic E-state index is 0.183. The number of aromatic nitrogens is 3. The molecular formula is C18H31N5O2. The first-order chi connectivity index (χ1) is 12.2. The van der Waals surface area contributed by atoms with Crippen molar-refractivity contribution in [3.8, 4) is 0 Å². The maximum absolute atomic E-state index is 12.2. The van der Waals surface area contributed by atoms with Crippen molar-refractivity contribution in [3.05, 3.63) is 11.6 Å². The van der Waals surface area contributed by atoms with Gasteiger partial charge in [-0.3, -0.25) is 4.90 Å². The first kappa shape index (κ1) is 18.2. The molecule has 140 valence electrons. The summed E-state index contributed by atoms with van der Waals surface area (Å²) in [5.41, 5.74) is 0. The van der Waals surface area contributed by atoms with E-state index >= 15 is 0 Å². The largest absolute Gasteiger partial charge is 0.449 e. The number of nitrogens with zero attached hydrogens (tertiary/aromatic N) is 5. The fourth-order valence-electron chi connectivity index (χ4n) is 3.76. The first-order valence-electron chi connectivity index (χ1n) is 9.71. The number of unbranched alkanes of at least 4 members (excludes halogenated alkanes) is 1. The van der Waals surface area contributed by atoms with Crippen LogP contribution in [0.25, 0.3) is 0 Å². The summed E-state index contributed by atoms with van der Waals surface area (Å²) >= 11 is 0. The number of rotatable bonds is 6. The van der Waals surface area contributed by atoms with Gasteiger partial charge < -0.3 is 14.2 Å². The Morgan fingerprint density at radius 3 is 2.76 bits per heavy atom. The van der Waals surface area contributed by atoms with Crippen LogP contribution in [0.2, 0.25) is 0 Å². The molecule has 2 aliphatic rings. The van der Waals surface area contributed by atoms with Crippen molar-refractivity contribution in [1.29, 1.82) is 0 Å². The smallest absolute Gasteiger partial charge is 0.409 e. The van der Waals surface area contributed by atoms with Crippen LogP contribution in [0, 0.1) is 0 Å². The third-order valence-corrected chi connectivity index (χ3v) is 5.33. The summed E-state index contributed by atoms with van der Waals surface area (Å²) in [6.07, 6.45) is 6.37. The molecule has 3 rings (SSSR count). The highest BCUT2D eigenvalue weighted by Gasteiger charge is 2.29. The van der Waals surface area contributed by atoms with Gasteiger partial charge in [0, 0.05) is 26.1 Å². The molecule has 0 aromatic carbocycles. The van der Waals surface area contributed by atoms with E-state index < -0.39 is 0 Å². The van der Waals surface area contributed by atoms with Crippen LogP contribution in [-0.4, -0.2) is 63.4 Å². The molecule has 3 heterocycles. The zero-order valence-corrected chi connectivity index (χ0v) is 15.6. The van der Waals surface area contributed by atoms with E-state index in [0.717, 1.165) is 63.5 Å². The summed E-state index contributed by atoms with van der Waals surface area (Å²) in [6.45, 7) is 7.25. The lowest BCUT2D eigenvalue weighted by atomic mass is 9.97. The quantitative estimate of drug-likeness (QED) is 0.739. The van der Waals surface area contributed by atoms with Crippen LogP contribution in [0.3, 0.4) is 0 Å². The van der Waals surface area contributed by atoms with Crippen molar-refractivity contribution in [2.45, 2.75) is 57.9 Å². The Morgan fingerprint density at radius 2 is 2.00 bits per heavy atom. The third-order valence-electron chi connectivity index (χ3n) is 5.33. The Hall–Kier alpha value is -1.63. The van der Waals surface area contributed by atoms with Crippen molar-refractivity contribution >= 4 is 6.09 Å². The summed E-state index contributed by atoms with van der Waals surface area (Å²) in [7, 11) is 2.05. The average molecular weight is 349 g/mol. The van der Waals surface area contributed by atoms with E-state index in [0.29, 0.717) is 13.2 Å². The molecular weight excluding hydrogens is 318 g/mol. The van der Waals surface area contributed by atoms with Crippen molar-refractivity contribution in [3.63, 3.8) is 0 Å². The fraction of sp³-hybridized carbons (Fsp3) is 0.833. The molecule has 1 atom stereocenters. The van der Waals surface area contributed by atoms with E-state index in [4.69, 9.17) is 4.74 Å². The van der Waals surface area contributed by atoms with Gasteiger partial charge in [0.1, 0.15) is 11.6 Å². The number of hydrogen-bond donors (Lipinski definition) is 0. The molecule has 2 fully saturated rings. The van der Waals surface area contributed by atoms with Crippen molar-refractivity contribution in [2.24, 2.45) is 7.05 Å². The van der Waals surface area contributed by atoms with Gasteiger partial charge in [-0.25, -0.2) is 4.79 Å². The number of piperidine rings is 1. The minimum Gasteiger partial charge on any atom is -0.449 e. The second-order valence-electron chi connectivity index (χ2n) is 7.27. The average Bonchev–Trinajstić information content (AvgIpc) is 3.26. The second kappa shape index (κ2) is 8.65. The van der Waals surface area contributed by atoms with Gasteiger partial charge in [-0.1, -0.05) is 13.3 Å². The molecule has 2 saturated heterocycles. The maximum atomic E-state index is 12.2. The van der Waals surface area contributed by atoms with Gasteiger partial charge in [0.25, 0.3) is 0 Å². The van der Waals surface area contributed by atoms with Gasteiger partial charge in [-0.15, -0.1) is 10.2 Å². The lowest BCUT2D eigenvalue weighted by Crippen LogP contribution is -2.40. The highest BCUT2D eigenvalue weighted by molar-refractivity contribution is 5.67. The van der Waals surface area contributed by atoms with Crippen molar-refractivity contribution in [1.82, 2.24) is 24.6 Å². The Morgan fingerprint density at radius 1 is 1.20 bits per heavy atom. The van der Waals surface area contributed by atoms with Crippen LogP contribution >= 0.6 is 0 Å². The Bertz CT molecular complexity index is 568. The molecule has 1 aromatic heterocycles. The van der Waals surface area contributed by atoms with Gasteiger partial charge in [-0.05, 0) is 45.2 Å². The van der Waals surface area contributed by atoms with Crippen LogP contribution in [-0.2, 0) is 18.3 Å². The Labute approximate surface area is 150 Å². The molecule has 0 bridgehead atoms. The molecule has 1 aromatic rings. The van der Waals surface area contributed by atoms with E-state index in [1.165, 1.54) is 12.8 Å². The van der Waals surface area contributed by atoms with E-state index in [9.17, 15) is 4.79 Å². The normalized spacial score (nSPS) is 21.7. The van der Waals surface area contributed by atoms with Gasteiger partial charge >= 0.3 is 6.09 Å². The van der Waals surface area contributed by atoms with Crippen molar-refractivity contribution in [2.75, 3.05) is 32.8 Å². The minimum atomic E-state index is -0.183. The predicted octanol–water partition coefficient (Wildman–Crippen LogP) is 2.53. The SMILES string of the molecule is CCCCOC(=O)N1CCCC(c2nnc(CN3CCCC3)n2C)C1. The van der Waals surface area contributed by atoms with E-state index in [1.54, 1.807) is 0 Å². The summed E-state index contributed by atoms with van der Waals surface area (Å²) in [5, 5.41) is 8.88. The summed E-state index contributed by atoms with van der Waals surface area (Å²) in [6, 6.07) is 0. The van der Waals surface area contributed by atoms with E-state index in [2.05, 4.69) is 33.6 Å². The fourth-order valence-corrected chi connectivity index (χ4v) is 3.76. The molecule has 0 radical (unpaired) electrons. The number of carbonyl (C=O) groups excluding carboxylic acids is 1. The van der Waals surface area contributed by atoms with Gasteiger partial charge in [0.05, 0.1) is 13.2 Å². The highest BCUT2D eigenvalue weighted by Crippen LogP contribution is 2.26. The molecule has 7 heteroatoms. The summed E-state index contributed by atoms with van der Waals surface area (Å²) < 4.78 is 7.50. The number of amides is 1. The molecule has 0 saturated carbocycles. The molecule has 0 spiro atoms. The van der Waals surface area contributed by atoms with Crippen LogP contribution in [0.4, 0.5) is 4.79 Å². The molecule has 25 heavy (non-hydrogen) atoms. The first-order valence-corrected chi connectivity index (χ1v) is 9.71. The number of hydrogen-bond acceptors (Lipinski definition) is 5. The lowest BCUT2D eigenvalue weighted by Gasteiger charge is -2.31. The van der Waals surface area contributed by atoms with Gasteiger partial charge in [0.2, 0.25) is 0 Å². The summed E-state index contributed by atoms with van der Waals surface area (Å²) in [5.74, 6) is 2.28. The molecule has 0 N–H and O–H groups in total. The number of carbonyl (C=O) groups is 1. The van der Waals surface area contributed by atoms with Gasteiger partial charge in [0.15, 0.2) is 0 Å². The number of likely N-dealkylation sites (tertiary alicyclic amines) is 2. The molecule has 1 amide bonds. The monoisotopic (exact) mass is 349 g/mol. The van der Waals surface area contributed by atoms with Crippen molar-refractivity contribution < 1.29 is 9.53 Å². The second-order valence-corrected chi connectivity index (χ2v) is 7.27. The van der Waals surface area contributed by atoms with Crippen LogP contribution in [0.5, 0.6) is 0 Å². The molecule has 2 aliphatic heterocycles.